The average molecular weight is 439 g/mol. The summed E-state index contributed by atoms with van der Waals surface area (Å²) in [4.78, 5) is 13.0. The number of amides is 1. The molecule has 0 unspecified atom stereocenters. The highest BCUT2D eigenvalue weighted by molar-refractivity contribution is 7.92. The number of carbonyl (C=O) groups excluding carboxylic acids is 1. The Hall–Kier alpha value is -3.14. The lowest BCUT2D eigenvalue weighted by atomic mass is 10.2. The molecule has 0 spiro atoms. The van der Waals surface area contributed by atoms with E-state index < -0.39 is 22.0 Å². The molecule has 0 aliphatic rings. The number of rotatable bonds is 9. The lowest BCUT2D eigenvalue weighted by molar-refractivity contribution is -0.116. The van der Waals surface area contributed by atoms with E-state index >= 15 is 0 Å². The molecule has 1 N–H and O–H groups in total. The fourth-order valence-corrected chi connectivity index (χ4v) is 4.07. The summed E-state index contributed by atoms with van der Waals surface area (Å²) in [5.74, 6) is 1.03. The molecule has 164 valence electrons. The van der Waals surface area contributed by atoms with E-state index in [-0.39, 0.29) is 11.4 Å². The van der Waals surface area contributed by atoms with Gasteiger partial charge >= 0.3 is 0 Å². The molecule has 0 radical (unpaired) electrons. The van der Waals surface area contributed by atoms with E-state index in [1.54, 1.807) is 30.3 Å². The highest BCUT2D eigenvalue weighted by atomic mass is 32.2. The number of carbonyl (C=O) groups is 1. The van der Waals surface area contributed by atoms with Gasteiger partial charge in [-0.1, -0.05) is 0 Å². The van der Waals surface area contributed by atoms with Crippen molar-refractivity contribution in [3.8, 4) is 23.0 Å². The van der Waals surface area contributed by atoms with Gasteiger partial charge in [0.2, 0.25) is 15.9 Å². The molecule has 2 rings (SSSR count). The van der Waals surface area contributed by atoms with Crippen molar-refractivity contribution in [2.24, 2.45) is 0 Å². The highest BCUT2D eigenvalue weighted by Gasteiger charge is 2.32. The molecule has 10 heteroatoms. The molecule has 0 heterocycles. The minimum Gasteiger partial charge on any atom is -0.497 e. The summed E-state index contributed by atoms with van der Waals surface area (Å²) in [6.07, 6.45) is 1.02. The Morgan fingerprint density at radius 2 is 1.43 bits per heavy atom. The van der Waals surface area contributed by atoms with Crippen molar-refractivity contribution in [3.63, 3.8) is 0 Å². The number of hydrogen-bond acceptors (Lipinski definition) is 7. The maximum Gasteiger partial charge on any atom is 0.248 e. The largest absolute Gasteiger partial charge is 0.497 e. The standard InChI is InChI=1S/C20H26N2O7S/c1-13(20(23)21-16-11-14(26-2)7-9-18(16)28-4)22(30(6,24)25)17-12-15(27-3)8-10-19(17)29-5/h7-13H,1-6H3,(H,21,23)/t13-/m0/s1. The van der Waals surface area contributed by atoms with E-state index in [0.717, 1.165) is 10.6 Å². The summed E-state index contributed by atoms with van der Waals surface area (Å²) in [5, 5.41) is 2.70. The van der Waals surface area contributed by atoms with Crippen LogP contribution in [0.4, 0.5) is 11.4 Å². The second kappa shape index (κ2) is 9.57. The molecule has 1 amide bonds. The topological polar surface area (TPSA) is 103 Å². The fraction of sp³-hybridized carbons (Fsp3) is 0.350. The van der Waals surface area contributed by atoms with Gasteiger partial charge in [-0.2, -0.15) is 0 Å². The zero-order valence-electron chi connectivity index (χ0n) is 17.8. The number of methoxy groups -OCH3 is 4. The molecule has 9 nitrogen and oxygen atoms in total. The summed E-state index contributed by atoms with van der Waals surface area (Å²) < 4.78 is 47.2. The highest BCUT2D eigenvalue weighted by Crippen LogP contribution is 2.36. The van der Waals surface area contributed by atoms with Gasteiger partial charge in [0.05, 0.1) is 46.1 Å². The molecule has 0 aliphatic heterocycles. The average Bonchev–Trinajstić information content (AvgIpc) is 2.72. The van der Waals surface area contributed by atoms with Gasteiger partial charge in [0.25, 0.3) is 0 Å². The van der Waals surface area contributed by atoms with Crippen molar-refractivity contribution < 1.29 is 32.2 Å². The van der Waals surface area contributed by atoms with E-state index in [2.05, 4.69) is 5.32 Å². The van der Waals surface area contributed by atoms with Gasteiger partial charge in [0, 0.05) is 12.1 Å². The summed E-state index contributed by atoms with van der Waals surface area (Å²) >= 11 is 0. The Morgan fingerprint density at radius 3 is 1.93 bits per heavy atom. The van der Waals surface area contributed by atoms with Crippen molar-refractivity contribution in [1.29, 1.82) is 0 Å². The lowest BCUT2D eigenvalue weighted by Crippen LogP contribution is -2.45. The molecule has 0 saturated carbocycles. The van der Waals surface area contributed by atoms with Crippen LogP contribution < -0.4 is 28.6 Å². The van der Waals surface area contributed by atoms with Crippen LogP contribution in [-0.2, 0) is 14.8 Å². The number of ether oxygens (including phenoxy) is 4. The SMILES string of the molecule is COc1ccc(OC)c(NC(=O)[C@H](C)N(c2cc(OC)ccc2OC)S(C)(=O)=O)c1. The van der Waals surface area contributed by atoms with Gasteiger partial charge in [0.15, 0.2) is 0 Å². The molecule has 0 saturated heterocycles. The zero-order valence-corrected chi connectivity index (χ0v) is 18.6. The van der Waals surface area contributed by atoms with Crippen LogP contribution in [0.15, 0.2) is 36.4 Å². The monoisotopic (exact) mass is 438 g/mol. The summed E-state index contributed by atoms with van der Waals surface area (Å²) in [6.45, 7) is 1.47. The fourth-order valence-electron chi connectivity index (χ4n) is 2.90. The number of sulfonamides is 1. The van der Waals surface area contributed by atoms with Crippen LogP contribution in [0, 0.1) is 0 Å². The minimum absolute atomic E-state index is 0.180. The van der Waals surface area contributed by atoms with Crippen LogP contribution in [0.2, 0.25) is 0 Å². The van der Waals surface area contributed by atoms with Crippen molar-refractivity contribution in [3.05, 3.63) is 36.4 Å². The van der Waals surface area contributed by atoms with Gasteiger partial charge in [-0.25, -0.2) is 8.42 Å². The van der Waals surface area contributed by atoms with E-state index in [9.17, 15) is 13.2 Å². The molecular formula is C20H26N2O7S. The molecule has 0 aromatic heterocycles. The zero-order chi connectivity index (χ0) is 22.5. The summed E-state index contributed by atoms with van der Waals surface area (Å²) in [7, 11) is 1.97. The van der Waals surface area contributed by atoms with Crippen molar-refractivity contribution in [2.45, 2.75) is 13.0 Å². The van der Waals surface area contributed by atoms with Gasteiger partial charge in [-0.05, 0) is 31.2 Å². The molecule has 2 aromatic rings. The Bertz CT molecular complexity index is 1010. The second-order valence-electron chi connectivity index (χ2n) is 6.33. The van der Waals surface area contributed by atoms with Crippen LogP contribution in [0.1, 0.15) is 6.92 Å². The summed E-state index contributed by atoms with van der Waals surface area (Å²) in [5.41, 5.74) is 0.527. The normalized spacial score (nSPS) is 11.9. The lowest BCUT2D eigenvalue weighted by Gasteiger charge is -2.29. The first-order valence-corrected chi connectivity index (χ1v) is 10.7. The quantitative estimate of drug-likeness (QED) is 0.642. The Kier molecular flexibility index (Phi) is 7.38. The van der Waals surface area contributed by atoms with Crippen molar-refractivity contribution >= 4 is 27.3 Å². The Balaban J connectivity index is 2.47. The third-order valence-corrected chi connectivity index (χ3v) is 5.60. The first-order chi connectivity index (χ1) is 14.2. The summed E-state index contributed by atoms with van der Waals surface area (Å²) in [6, 6.07) is 8.49. The molecule has 1 atom stereocenters. The predicted molar refractivity (Wildman–Crippen MR) is 115 cm³/mol. The Labute approximate surface area is 176 Å². The Morgan fingerprint density at radius 1 is 0.900 bits per heavy atom. The smallest absolute Gasteiger partial charge is 0.248 e. The molecule has 0 fully saturated rings. The third kappa shape index (κ3) is 5.07. The predicted octanol–water partition coefficient (Wildman–Crippen LogP) is 2.51. The number of nitrogens with zero attached hydrogens (tertiary/aromatic N) is 1. The molecular weight excluding hydrogens is 412 g/mol. The van der Waals surface area contributed by atoms with Crippen LogP contribution in [0.25, 0.3) is 0 Å². The second-order valence-corrected chi connectivity index (χ2v) is 8.19. The molecule has 0 aliphatic carbocycles. The maximum atomic E-state index is 13.0. The van der Waals surface area contributed by atoms with Crippen molar-refractivity contribution in [2.75, 3.05) is 44.3 Å². The van der Waals surface area contributed by atoms with E-state index in [1.165, 1.54) is 41.4 Å². The first kappa shape index (κ1) is 23.1. The van der Waals surface area contributed by atoms with Crippen molar-refractivity contribution in [1.82, 2.24) is 0 Å². The molecule has 30 heavy (non-hydrogen) atoms. The van der Waals surface area contributed by atoms with Gasteiger partial charge < -0.3 is 24.3 Å². The molecule has 2 aromatic carbocycles. The van der Waals surface area contributed by atoms with E-state index in [0.29, 0.717) is 22.9 Å². The number of benzene rings is 2. The van der Waals surface area contributed by atoms with Gasteiger partial charge in [-0.15, -0.1) is 0 Å². The van der Waals surface area contributed by atoms with Crippen LogP contribution in [0.3, 0.4) is 0 Å². The first-order valence-electron chi connectivity index (χ1n) is 8.90. The maximum absolute atomic E-state index is 13.0. The van der Waals surface area contributed by atoms with Crippen LogP contribution in [0.5, 0.6) is 23.0 Å². The number of hydrogen-bond donors (Lipinski definition) is 1. The number of anilines is 2. The van der Waals surface area contributed by atoms with Crippen LogP contribution >= 0.6 is 0 Å². The number of nitrogens with one attached hydrogen (secondary N) is 1. The van der Waals surface area contributed by atoms with Gasteiger partial charge in [-0.3, -0.25) is 9.10 Å². The van der Waals surface area contributed by atoms with Crippen LogP contribution in [-0.4, -0.2) is 55.1 Å². The van der Waals surface area contributed by atoms with E-state index in [1.807, 2.05) is 0 Å². The van der Waals surface area contributed by atoms with Gasteiger partial charge in [0.1, 0.15) is 29.0 Å². The minimum atomic E-state index is -3.86. The van der Waals surface area contributed by atoms with E-state index in [4.69, 9.17) is 18.9 Å². The molecule has 0 bridgehead atoms. The third-order valence-electron chi connectivity index (χ3n) is 4.38.